The van der Waals surface area contributed by atoms with Crippen molar-refractivity contribution >= 4 is 22.5 Å². The first-order valence-electron chi connectivity index (χ1n) is 8.87. The number of fused-ring (bicyclic) bond motifs is 1. The lowest BCUT2D eigenvalue weighted by Crippen LogP contribution is -2.52. The number of carbonyl (C=O) groups is 2. The van der Waals surface area contributed by atoms with Crippen molar-refractivity contribution in [2.75, 3.05) is 7.11 Å². The van der Waals surface area contributed by atoms with Crippen LogP contribution < -0.4 is 10.1 Å². The van der Waals surface area contributed by atoms with Crippen molar-refractivity contribution in [2.45, 2.75) is 47.6 Å². The molecule has 1 atom stereocenters. The zero-order valence-corrected chi connectivity index (χ0v) is 16.8. The molecule has 26 heavy (non-hydrogen) atoms. The van der Waals surface area contributed by atoms with E-state index in [0.29, 0.717) is 11.3 Å². The van der Waals surface area contributed by atoms with Gasteiger partial charge in [0.15, 0.2) is 5.78 Å². The average Bonchev–Trinajstić information content (AvgIpc) is 2.55. The molecule has 0 saturated heterocycles. The minimum atomic E-state index is -0.598. The number of methoxy groups -OCH3 is 1. The normalized spacial score (nSPS) is 13.3. The lowest BCUT2D eigenvalue weighted by molar-refractivity contribution is -0.130. The third kappa shape index (κ3) is 4.06. The largest absolute Gasteiger partial charge is 0.496 e. The van der Waals surface area contributed by atoms with Gasteiger partial charge in [-0.2, -0.15) is 0 Å². The van der Waals surface area contributed by atoms with E-state index in [4.69, 9.17) is 4.74 Å². The van der Waals surface area contributed by atoms with E-state index >= 15 is 0 Å². The molecule has 0 radical (unpaired) electrons. The van der Waals surface area contributed by atoms with E-state index in [0.717, 1.165) is 10.8 Å². The van der Waals surface area contributed by atoms with Crippen LogP contribution in [0.1, 0.15) is 51.9 Å². The molecule has 0 aliphatic rings. The maximum Gasteiger partial charge on any atom is 0.256 e. The van der Waals surface area contributed by atoms with Gasteiger partial charge in [0, 0.05) is 5.41 Å². The number of ketones is 1. The number of hydrogen-bond acceptors (Lipinski definition) is 3. The van der Waals surface area contributed by atoms with Crippen LogP contribution in [0.15, 0.2) is 36.4 Å². The van der Waals surface area contributed by atoms with Crippen LogP contribution in [0.25, 0.3) is 10.8 Å². The second-order valence-electron chi connectivity index (χ2n) is 8.75. The zero-order chi connectivity index (χ0) is 19.7. The Bertz CT molecular complexity index is 825. The Morgan fingerprint density at radius 2 is 1.58 bits per heavy atom. The predicted octanol–water partition coefficient (Wildman–Crippen LogP) is 4.61. The van der Waals surface area contributed by atoms with E-state index in [1.807, 2.05) is 71.9 Å². The van der Waals surface area contributed by atoms with Gasteiger partial charge in [-0.05, 0) is 22.3 Å². The predicted molar refractivity (Wildman–Crippen MR) is 106 cm³/mol. The van der Waals surface area contributed by atoms with Gasteiger partial charge in [0.25, 0.3) is 5.91 Å². The molecule has 1 unspecified atom stereocenters. The third-order valence-electron chi connectivity index (χ3n) is 4.48. The van der Waals surface area contributed by atoms with Crippen LogP contribution in [0.3, 0.4) is 0 Å². The molecule has 0 heterocycles. The first-order chi connectivity index (χ1) is 12.0. The van der Waals surface area contributed by atoms with Gasteiger partial charge < -0.3 is 10.1 Å². The third-order valence-corrected chi connectivity index (χ3v) is 4.48. The highest BCUT2D eigenvalue weighted by atomic mass is 16.5. The summed E-state index contributed by atoms with van der Waals surface area (Å²) < 4.78 is 5.42. The fourth-order valence-electron chi connectivity index (χ4n) is 2.97. The molecule has 0 saturated carbocycles. The fourth-order valence-corrected chi connectivity index (χ4v) is 2.97. The molecule has 2 aromatic rings. The van der Waals surface area contributed by atoms with E-state index in [1.54, 1.807) is 13.2 Å². The lowest BCUT2D eigenvalue weighted by atomic mass is 9.75. The van der Waals surface area contributed by atoms with Crippen molar-refractivity contribution in [3.05, 3.63) is 42.0 Å². The quantitative estimate of drug-likeness (QED) is 0.871. The summed E-state index contributed by atoms with van der Waals surface area (Å²) in [6.45, 7) is 11.5. The number of benzene rings is 2. The molecular formula is C22H29NO3. The van der Waals surface area contributed by atoms with Gasteiger partial charge in [-0.15, -0.1) is 0 Å². The standard InChI is InChI=1S/C22H29NO3/c1-21(2,3)18(19(24)22(4,5)6)23-20(25)17-15-11-9-8-10-14(15)12-13-16(17)26-7/h8-13,18H,1-7H3,(H,23,25). The zero-order valence-electron chi connectivity index (χ0n) is 16.8. The van der Waals surface area contributed by atoms with Crippen molar-refractivity contribution in [3.63, 3.8) is 0 Å². The van der Waals surface area contributed by atoms with Gasteiger partial charge >= 0.3 is 0 Å². The van der Waals surface area contributed by atoms with Crippen LogP contribution >= 0.6 is 0 Å². The second-order valence-corrected chi connectivity index (χ2v) is 8.75. The van der Waals surface area contributed by atoms with Crippen molar-refractivity contribution < 1.29 is 14.3 Å². The van der Waals surface area contributed by atoms with E-state index in [9.17, 15) is 9.59 Å². The molecule has 2 rings (SSSR count). The Labute approximate surface area is 155 Å². The molecule has 0 aliphatic carbocycles. The van der Waals surface area contributed by atoms with Gasteiger partial charge in [-0.25, -0.2) is 0 Å². The number of rotatable bonds is 4. The maximum atomic E-state index is 13.2. The van der Waals surface area contributed by atoms with Crippen LogP contribution in [-0.4, -0.2) is 24.8 Å². The van der Waals surface area contributed by atoms with Crippen molar-refractivity contribution in [1.82, 2.24) is 5.32 Å². The fraction of sp³-hybridized carbons (Fsp3) is 0.455. The SMILES string of the molecule is COc1ccc2ccccc2c1C(=O)NC(C(=O)C(C)(C)C)C(C)(C)C. The first kappa shape index (κ1) is 20.0. The molecule has 0 fully saturated rings. The molecule has 0 spiro atoms. The molecule has 4 nitrogen and oxygen atoms in total. The van der Waals surface area contributed by atoms with Crippen LogP contribution in [0, 0.1) is 10.8 Å². The first-order valence-corrected chi connectivity index (χ1v) is 8.87. The number of ether oxygens (including phenoxy) is 1. The Hall–Kier alpha value is -2.36. The summed E-state index contributed by atoms with van der Waals surface area (Å²) in [4.78, 5) is 26.1. The highest BCUT2D eigenvalue weighted by molar-refractivity contribution is 6.10. The Kier molecular flexibility index (Phi) is 5.45. The molecule has 0 aliphatic heterocycles. The van der Waals surface area contributed by atoms with Crippen LogP contribution in [0.5, 0.6) is 5.75 Å². The van der Waals surface area contributed by atoms with Gasteiger partial charge in [-0.3, -0.25) is 9.59 Å². The summed E-state index contributed by atoms with van der Waals surface area (Å²) in [6, 6.07) is 10.8. The maximum absolute atomic E-state index is 13.2. The summed E-state index contributed by atoms with van der Waals surface area (Å²) in [7, 11) is 1.54. The molecule has 1 amide bonds. The Balaban J connectivity index is 2.51. The highest BCUT2D eigenvalue weighted by Crippen LogP contribution is 2.31. The number of Topliss-reactive ketones (excluding diaryl/α,β-unsaturated/α-hetero) is 1. The minimum absolute atomic E-state index is 0.0116. The summed E-state index contributed by atoms with van der Waals surface area (Å²) in [5, 5.41) is 4.74. The number of amides is 1. The minimum Gasteiger partial charge on any atom is -0.496 e. The number of carbonyl (C=O) groups excluding carboxylic acids is 2. The van der Waals surface area contributed by atoms with Crippen molar-refractivity contribution in [1.29, 1.82) is 0 Å². The van der Waals surface area contributed by atoms with Crippen LogP contribution in [0.4, 0.5) is 0 Å². The molecule has 2 aromatic carbocycles. The van der Waals surface area contributed by atoms with Gasteiger partial charge in [0.05, 0.1) is 18.7 Å². The van der Waals surface area contributed by atoms with Crippen molar-refractivity contribution in [3.8, 4) is 5.75 Å². The molecule has 0 bridgehead atoms. The average molecular weight is 355 g/mol. The highest BCUT2D eigenvalue weighted by Gasteiger charge is 2.38. The van der Waals surface area contributed by atoms with Gasteiger partial charge in [0.1, 0.15) is 5.75 Å². The van der Waals surface area contributed by atoms with Crippen molar-refractivity contribution in [2.24, 2.45) is 10.8 Å². The molecule has 140 valence electrons. The van der Waals surface area contributed by atoms with E-state index in [2.05, 4.69) is 5.32 Å². The monoisotopic (exact) mass is 355 g/mol. The van der Waals surface area contributed by atoms with E-state index in [-0.39, 0.29) is 11.7 Å². The molecular weight excluding hydrogens is 326 g/mol. The summed E-state index contributed by atoms with van der Waals surface area (Å²) in [5.74, 6) is 0.214. The molecule has 1 N–H and O–H groups in total. The number of hydrogen-bond donors (Lipinski definition) is 1. The molecule has 0 aromatic heterocycles. The van der Waals surface area contributed by atoms with E-state index < -0.39 is 16.9 Å². The smallest absolute Gasteiger partial charge is 0.256 e. The summed E-state index contributed by atoms with van der Waals surface area (Å²) >= 11 is 0. The Morgan fingerprint density at radius 1 is 0.962 bits per heavy atom. The van der Waals surface area contributed by atoms with Crippen LogP contribution in [0.2, 0.25) is 0 Å². The topological polar surface area (TPSA) is 55.4 Å². The molecule has 4 heteroatoms. The number of nitrogens with one attached hydrogen (secondary N) is 1. The summed E-state index contributed by atoms with van der Waals surface area (Å²) in [6.07, 6.45) is 0. The Morgan fingerprint density at radius 3 is 2.12 bits per heavy atom. The van der Waals surface area contributed by atoms with Gasteiger partial charge in [0.2, 0.25) is 0 Å². The van der Waals surface area contributed by atoms with Gasteiger partial charge in [-0.1, -0.05) is 71.9 Å². The second kappa shape index (κ2) is 7.10. The van der Waals surface area contributed by atoms with E-state index in [1.165, 1.54) is 0 Å². The summed E-state index contributed by atoms with van der Waals surface area (Å²) in [5.41, 5.74) is -0.493. The van der Waals surface area contributed by atoms with Crippen LogP contribution in [-0.2, 0) is 4.79 Å². The lowest BCUT2D eigenvalue weighted by Gasteiger charge is -2.34.